The Labute approximate surface area is 125 Å². The maximum atomic E-state index is 12.4. The second-order valence-corrected chi connectivity index (χ2v) is 6.70. The lowest BCUT2D eigenvalue weighted by atomic mass is 9.77. The second kappa shape index (κ2) is 7.29. The van der Waals surface area contributed by atoms with Gasteiger partial charge in [0.25, 0.3) is 0 Å². The molecule has 2 rings (SSSR count). The van der Waals surface area contributed by atoms with Crippen LogP contribution in [-0.4, -0.2) is 61.3 Å². The lowest BCUT2D eigenvalue weighted by Gasteiger charge is -2.40. The molecule has 1 saturated heterocycles. The molecule has 3 atom stereocenters. The molecule has 2 N–H and O–H groups in total. The van der Waals surface area contributed by atoms with Crippen LogP contribution in [0.4, 0.5) is 13.2 Å². The zero-order chi connectivity index (χ0) is 15.5. The standard InChI is InChI=1S/C15H28F3N3/c1-2-12-3-4-14(19)13(9-12)10-20-5-7-21(8-6-20)11-15(16,17)18/h12-14H,2-11,19H2,1H3. The van der Waals surface area contributed by atoms with Crippen molar-refractivity contribution in [3.05, 3.63) is 0 Å². The molecule has 1 saturated carbocycles. The normalized spacial score (nSPS) is 33.3. The molecule has 2 fully saturated rings. The molecule has 0 aromatic carbocycles. The zero-order valence-corrected chi connectivity index (χ0v) is 12.9. The van der Waals surface area contributed by atoms with E-state index in [1.54, 1.807) is 0 Å². The minimum absolute atomic E-state index is 0.265. The number of hydrogen-bond donors (Lipinski definition) is 1. The molecule has 124 valence electrons. The van der Waals surface area contributed by atoms with E-state index in [9.17, 15) is 13.2 Å². The molecule has 3 nitrogen and oxygen atoms in total. The highest BCUT2D eigenvalue weighted by atomic mass is 19.4. The summed E-state index contributed by atoms with van der Waals surface area (Å²) in [6.45, 7) is 4.90. The molecule has 0 spiro atoms. The first kappa shape index (κ1) is 17.0. The van der Waals surface area contributed by atoms with Crippen LogP contribution in [0, 0.1) is 11.8 Å². The average Bonchev–Trinajstić information content (AvgIpc) is 2.42. The molecule has 1 aliphatic heterocycles. The van der Waals surface area contributed by atoms with Crippen LogP contribution >= 0.6 is 0 Å². The van der Waals surface area contributed by atoms with Gasteiger partial charge in [0, 0.05) is 38.8 Å². The van der Waals surface area contributed by atoms with Crippen LogP contribution in [0.15, 0.2) is 0 Å². The fraction of sp³-hybridized carbons (Fsp3) is 1.00. The van der Waals surface area contributed by atoms with Crippen molar-refractivity contribution in [3.63, 3.8) is 0 Å². The number of nitrogens with zero attached hydrogens (tertiary/aromatic N) is 2. The predicted octanol–water partition coefficient (Wildman–Crippen LogP) is 2.32. The molecule has 6 heteroatoms. The Hall–Kier alpha value is -0.330. The van der Waals surface area contributed by atoms with Gasteiger partial charge in [-0.25, -0.2) is 0 Å². The van der Waals surface area contributed by atoms with Crippen LogP contribution in [-0.2, 0) is 0 Å². The molecule has 0 radical (unpaired) electrons. The van der Waals surface area contributed by atoms with Crippen LogP contribution in [0.3, 0.4) is 0 Å². The van der Waals surface area contributed by atoms with Crippen molar-refractivity contribution in [1.29, 1.82) is 0 Å². The quantitative estimate of drug-likeness (QED) is 0.865. The van der Waals surface area contributed by atoms with Gasteiger partial charge in [0.15, 0.2) is 0 Å². The molecule has 0 bridgehead atoms. The lowest BCUT2D eigenvalue weighted by Crippen LogP contribution is -2.52. The van der Waals surface area contributed by atoms with E-state index < -0.39 is 12.7 Å². The van der Waals surface area contributed by atoms with E-state index in [1.807, 2.05) is 0 Å². The van der Waals surface area contributed by atoms with Crippen molar-refractivity contribution in [3.8, 4) is 0 Å². The zero-order valence-electron chi connectivity index (χ0n) is 12.9. The first-order valence-corrected chi connectivity index (χ1v) is 8.14. The highest BCUT2D eigenvalue weighted by Gasteiger charge is 2.33. The van der Waals surface area contributed by atoms with Gasteiger partial charge in [-0.3, -0.25) is 4.90 Å². The molecule has 21 heavy (non-hydrogen) atoms. The second-order valence-electron chi connectivity index (χ2n) is 6.70. The highest BCUT2D eigenvalue weighted by molar-refractivity contribution is 4.85. The van der Waals surface area contributed by atoms with Crippen LogP contribution in [0.1, 0.15) is 32.6 Å². The van der Waals surface area contributed by atoms with Crippen molar-refractivity contribution in [2.75, 3.05) is 39.3 Å². The topological polar surface area (TPSA) is 32.5 Å². The molecular weight excluding hydrogens is 279 g/mol. The Morgan fingerprint density at radius 2 is 1.67 bits per heavy atom. The van der Waals surface area contributed by atoms with Gasteiger partial charge in [0.2, 0.25) is 0 Å². The summed E-state index contributed by atoms with van der Waals surface area (Å²) in [6.07, 6.45) is 0.635. The van der Waals surface area contributed by atoms with E-state index in [2.05, 4.69) is 11.8 Å². The molecule has 3 unspecified atom stereocenters. The van der Waals surface area contributed by atoms with E-state index in [4.69, 9.17) is 5.73 Å². The van der Waals surface area contributed by atoms with Crippen LogP contribution < -0.4 is 5.73 Å². The van der Waals surface area contributed by atoms with E-state index in [1.165, 1.54) is 24.2 Å². The minimum Gasteiger partial charge on any atom is -0.327 e. The van der Waals surface area contributed by atoms with Crippen molar-refractivity contribution < 1.29 is 13.2 Å². The Balaban J connectivity index is 1.75. The largest absolute Gasteiger partial charge is 0.401 e. The van der Waals surface area contributed by atoms with E-state index in [0.717, 1.165) is 32.0 Å². The van der Waals surface area contributed by atoms with E-state index >= 15 is 0 Å². The molecule has 0 amide bonds. The van der Waals surface area contributed by atoms with Crippen LogP contribution in [0.25, 0.3) is 0 Å². The molecule has 1 aliphatic carbocycles. The van der Waals surface area contributed by atoms with Gasteiger partial charge < -0.3 is 10.6 Å². The summed E-state index contributed by atoms with van der Waals surface area (Å²) in [4.78, 5) is 3.81. The smallest absolute Gasteiger partial charge is 0.327 e. The van der Waals surface area contributed by atoms with Gasteiger partial charge in [-0.15, -0.1) is 0 Å². The Bertz CT molecular complexity index is 314. The Morgan fingerprint density at radius 3 is 2.24 bits per heavy atom. The molecule has 1 heterocycles. The minimum atomic E-state index is -4.08. The van der Waals surface area contributed by atoms with Gasteiger partial charge in [0.1, 0.15) is 0 Å². The summed E-state index contributed by atoms with van der Waals surface area (Å²) in [5.41, 5.74) is 6.24. The first-order valence-electron chi connectivity index (χ1n) is 8.14. The molecule has 0 aromatic rings. The molecule has 2 aliphatic rings. The van der Waals surface area contributed by atoms with Crippen molar-refractivity contribution in [1.82, 2.24) is 9.80 Å². The van der Waals surface area contributed by atoms with Gasteiger partial charge in [-0.1, -0.05) is 13.3 Å². The van der Waals surface area contributed by atoms with Crippen molar-refractivity contribution >= 4 is 0 Å². The average molecular weight is 307 g/mol. The van der Waals surface area contributed by atoms with E-state index in [-0.39, 0.29) is 6.04 Å². The summed E-state index contributed by atoms with van der Waals surface area (Å²) in [7, 11) is 0. The lowest BCUT2D eigenvalue weighted by molar-refractivity contribution is -0.149. The van der Waals surface area contributed by atoms with E-state index in [0.29, 0.717) is 19.0 Å². The van der Waals surface area contributed by atoms with Crippen molar-refractivity contribution in [2.45, 2.75) is 44.8 Å². The summed E-state index contributed by atoms with van der Waals surface area (Å²) < 4.78 is 37.1. The Kier molecular flexibility index (Phi) is 5.91. The maximum Gasteiger partial charge on any atom is 0.401 e. The summed E-state index contributed by atoms with van der Waals surface area (Å²) in [5, 5.41) is 0. The Morgan fingerprint density at radius 1 is 1.05 bits per heavy atom. The maximum absolute atomic E-state index is 12.4. The molecule has 0 aromatic heterocycles. The number of alkyl halides is 3. The number of rotatable bonds is 4. The highest BCUT2D eigenvalue weighted by Crippen LogP contribution is 2.31. The third-order valence-electron chi connectivity index (χ3n) is 5.09. The summed E-state index contributed by atoms with van der Waals surface area (Å²) >= 11 is 0. The SMILES string of the molecule is CCC1CCC(N)C(CN2CCN(CC(F)(F)F)CC2)C1. The predicted molar refractivity (Wildman–Crippen MR) is 78.0 cm³/mol. The third kappa shape index (κ3) is 5.42. The number of hydrogen-bond acceptors (Lipinski definition) is 3. The van der Waals surface area contributed by atoms with Gasteiger partial charge in [-0.2, -0.15) is 13.2 Å². The van der Waals surface area contributed by atoms with Gasteiger partial charge in [0.05, 0.1) is 6.54 Å². The van der Waals surface area contributed by atoms with Crippen LogP contribution in [0.2, 0.25) is 0 Å². The summed E-state index contributed by atoms with van der Waals surface area (Å²) in [5.74, 6) is 1.29. The fourth-order valence-corrected chi connectivity index (χ4v) is 3.68. The molecular formula is C15H28F3N3. The summed E-state index contributed by atoms with van der Waals surface area (Å²) in [6, 6.07) is 0.265. The van der Waals surface area contributed by atoms with Gasteiger partial charge >= 0.3 is 6.18 Å². The third-order valence-corrected chi connectivity index (χ3v) is 5.09. The van der Waals surface area contributed by atoms with Crippen LogP contribution in [0.5, 0.6) is 0 Å². The fourth-order valence-electron chi connectivity index (χ4n) is 3.68. The number of piperazine rings is 1. The van der Waals surface area contributed by atoms with Crippen molar-refractivity contribution in [2.24, 2.45) is 17.6 Å². The number of halogens is 3. The monoisotopic (exact) mass is 307 g/mol. The first-order chi connectivity index (χ1) is 9.87. The van der Waals surface area contributed by atoms with Gasteiger partial charge in [-0.05, 0) is 31.1 Å². The number of nitrogens with two attached hydrogens (primary N) is 1.